The standard InChI is InChI=1S/C15H18BrN3O2/c1-5-11-13(16)15(17-2)19-14(18-11)10-8-9(20-3)6-7-12(10)21-4/h6-8H,5H2,1-4H3,(H,17,18,19). The van der Waals surface area contributed by atoms with Gasteiger partial charge in [0.1, 0.15) is 17.3 Å². The van der Waals surface area contributed by atoms with E-state index in [0.717, 1.165) is 33.7 Å². The van der Waals surface area contributed by atoms with Crippen molar-refractivity contribution in [2.45, 2.75) is 13.3 Å². The Morgan fingerprint density at radius 1 is 1.19 bits per heavy atom. The lowest BCUT2D eigenvalue weighted by Crippen LogP contribution is -2.03. The second kappa shape index (κ2) is 6.76. The van der Waals surface area contributed by atoms with Crippen molar-refractivity contribution in [1.29, 1.82) is 0 Å². The number of nitrogens with one attached hydrogen (secondary N) is 1. The SMILES string of the molecule is CCc1nc(-c2cc(OC)ccc2OC)nc(NC)c1Br. The number of benzene rings is 1. The number of ether oxygens (including phenoxy) is 2. The van der Waals surface area contributed by atoms with Gasteiger partial charge in [-0.15, -0.1) is 0 Å². The summed E-state index contributed by atoms with van der Waals surface area (Å²) in [5.41, 5.74) is 1.74. The van der Waals surface area contributed by atoms with Crippen LogP contribution in [0.15, 0.2) is 22.7 Å². The molecule has 0 unspecified atom stereocenters. The minimum absolute atomic E-state index is 0.607. The molecule has 112 valence electrons. The van der Waals surface area contributed by atoms with E-state index >= 15 is 0 Å². The first-order chi connectivity index (χ1) is 10.1. The molecule has 0 saturated heterocycles. The molecule has 0 atom stereocenters. The lowest BCUT2D eigenvalue weighted by atomic mass is 10.1. The van der Waals surface area contributed by atoms with E-state index in [9.17, 15) is 0 Å². The molecule has 1 heterocycles. The van der Waals surface area contributed by atoms with Crippen LogP contribution in [-0.2, 0) is 6.42 Å². The molecule has 1 aromatic carbocycles. The van der Waals surface area contributed by atoms with E-state index < -0.39 is 0 Å². The lowest BCUT2D eigenvalue weighted by molar-refractivity contribution is 0.404. The number of nitrogens with zero attached hydrogens (tertiary/aromatic N) is 2. The Bertz CT molecular complexity index is 622. The molecule has 5 nitrogen and oxygen atoms in total. The maximum Gasteiger partial charge on any atom is 0.165 e. The van der Waals surface area contributed by atoms with Gasteiger partial charge in [-0.05, 0) is 40.5 Å². The summed E-state index contributed by atoms with van der Waals surface area (Å²) >= 11 is 3.53. The third-order valence-electron chi connectivity index (χ3n) is 3.14. The predicted octanol–water partition coefficient (Wildman–Crippen LogP) is 3.53. The van der Waals surface area contributed by atoms with Gasteiger partial charge in [0.25, 0.3) is 0 Å². The molecule has 0 bridgehead atoms. The number of hydrogen-bond donors (Lipinski definition) is 1. The van der Waals surface area contributed by atoms with E-state index in [0.29, 0.717) is 11.6 Å². The molecular formula is C15H18BrN3O2. The largest absolute Gasteiger partial charge is 0.497 e. The van der Waals surface area contributed by atoms with Gasteiger partial charge in [-0.1, -0.05) is 6.92 Å². The molecule has 0 amide bonds. The van der Waals surface area contributed by atoms with Crippen LogP contribution in [0.3, 0.4) is 0 Å². The molecule has 2 rings (SSSR count). The van der Waals surface area contributed by atoms with Gasteiger partial charge < -0.3 is 14.8 Å². The number of aromatic nitrogens is 2. The van der Waals surface area contributed by atoms with Crippen molar-refractivity contribution in [3.8, 4) is 22.9 Å². The van der Waals surface area contributed by atoms with E-state index in [4.69, 9.17) is 9.47 Å². The first kappa shape index (κ1) is 15.6. The average Bonchev–Trinajstić information content (AvgIpc) is 2.54. The first-order valence-electron chi connectivity index (χ1n) is 6.61. The van der Waals surface area contributed by atoms with Crippen LogP contribution in [0.25, 0.3) is 11.4 Å². The lowest BCUT2D eigenvalue weighted by Gasteiger charge is -2.13. The summed E-state index contributed by atoms with van der Waals surface area (Å²) < 4.78 is 11.6. The van der Waals surface area contributed by atoms with Crippen molar-refractivity contribution >= 4 is 21.7 Å². The quantitative estimate of drug-likeness (QED) is 0.892. The van der Waals surface area contributed by atoms with Crippen molar-refractivity contribution in [2.24, 2.45) is 0 Å². The highest BCUT2D eigenvalue weighted by Crippen LogP contribution is 2.34. The molecule has 1 aromatic heterocycles. The van der Waals surface area contributed by atoms with Crippen LogP contribution < -0.4 is 14.8 Å². The van der Waals surface area contributed by atoms with Crippen LogP contribution in [0.1, 0.15) is 12.6 Å². The fraction of sp³-hybridized carbons (Fsp3) is 0.333. The van der Waals surface area contributed by atoms with E-state index in [1.54, 1.807) is 14.2 Å². The Kier molecular flexibility index (Phi) is 5.01. The summed E-state index contributed by atoms with van der Waals surface area (Å²) in [4.78, 5) is 9.17. The van der Waals surface area contributed by atoms with Gasteiger partial charge in [0.2, 0.25) is 0 Å². The predicted molar refractivity (Wildman–Crippen MR) is 87.2 cm³/mol. The average molecular weight is 352 g/mol. The van der Waals surface area contributed by atoms with E-state index in [-0.39, 0.29) is 0 Å². The second-order valence-corrected chi connectivity index (χ2v) is 5.12. The van der Waals surface area contributed by atoms with Crippen molar-refractivity contribution < 1.29 is 9.47 Å². The number of hydrogen-bond acceptors (Lipinski definition) is 5. The Balaban J connectivity index is 2.65. The smallest absolute Gasteiger partial charge is 0.165 e. The highest BCUT2D eigenvalue weighted by molar-refractivity contribution is 9.10. The number of rotatable bonds is 5. The Morgan fingerprint density at radius 2 is 1.95 bits per heavy atom. The highest BCUT2D eigenvalue weighted by Gasteiger charge is 2.15. The van der Waals surface area contributed by atoms with Crippen LogP contribution in [0.4, 0.5) is 5.82 Å². The minimum atomic E-state index is 0.607. The molecule has 0 saturated carbocycles. The fourth-order valence-electron chi connectivity index (χ4n) is 2.00. The van der Waals surface area contributed by atoms with E-state index in [1.807, 2.05) is 25.2 Å². The Morgan fingerprint density at radius 3 is 2.52 bits per heavy atom. The zero-order valence-corrected chi connectivity index (χ0v) is 14.1. The van der Waals surface area contributed by atoms with Crippen LogP contribution in [-0.4, -0.2) is 31.2 Å². The van der Waals surface area contributed by atoms with Crippen molar-refractivity contribution in [1.82, 2.24) is 9.97 Å². The van der Waals surface area contributed by atoms with Crippen LogP contribution in [0.2, 0.25) is 0 Å². The van der Waals surface area contributed by atoms with Crippen molar-refractivity contribution in [3.05, 3.63) is 28.4 Å². The molecule has 0 aliphatic rings. The zero-order valence-electron chi connectivity index (χ0n) is 12.5. The monoisotopic (exact) mass is 351 g/mol. The number of halogens is 1. The van der Waals surface area contributed by atoms with E-state index in [1.165, 1.54) is 0 Å². The molecule has 6 heteroatoms. The Labute approximate surface area is 132 Å². The summed E-state index contributed by atoms with van der Waals surface area (Å²) in [6.07, 6.45) is 0.803. The number of methoxy groups -OCH3 is 2. The molecule has 0 aliphatic heterocycles. The summed E-state index contributed by atoms with van der Waals surface area (Å²) in [5, 5.41) is 3.08. The third kappa shape index (κ3) is 3.10. The molecule has 0 spiro atoms. The second-order valence-electron chi connectivity index (χ2n) is 4.33. The van der Waals surface area contributed by atoms with Crippen LogP contribution in [0, 0.1) is 0 Å². The maximum absolute atomic E-state index is 5.41. The summed E-state index contributed by atoms with van der Waals surface area (Å²) in [5.74, 6) is 2.81. The van der Waals surface area contributed by atoms with Crippen LogP contribution >= 0.6 is 15.9 Å². The first-order valence-corrected chi connectivity index (χ1v) is 7.40. The maximum atomic E-state index is 5.41. The molecule has 0 radical (unpaired) electrons. The van der Waals surface area contributed by atoms with Gasteiger partial charge in [0.05, 0.1) is 29.9 Å². The molecule has 1 N–H and O–H groups in total. The molecular weight excluding hydrogens is 334 g/mol. The highest BCUT2D eigenvalue weighted by atomic mass is 79.9. The normalized spacial score (nSPS) is 10.3. The molecule has 0 fully saturated rings. The van der Waals surface area contributed by atoms with Gasteiger partial charge in [0.15, 0.2) is 5.82 Å². The fourth-order valence-corrected chi connectivity index (χ4v) is 2.66. The summed E-state index contributed by atoms with van der Waals surface area (Å²) in [7, 11) is 5.09. The number of anilines is 1. The minimum Gasteiger partial charge on any atom is -0.497 e. The number of aryl methyl sites for hydroxylation is 1. The summed E-state index contributed by atoms with van der Waals surface area (Å²) in [6, 6.07) is 5.58. The molecule has 21 heavy (non-hydrogen) atoms. The topological polar surface area (TPSA) is 56.3 Å². The van der Waals surface area contributed by atoms with Gasteiger partial charge in [-0.2, -0.15) is 0 Å². The van der Waals surface area contributed by atoms with Crippen LogP contribution in [0.5, 0.6) is 11.5 Å². The molecule has 2 aromatic rings. The van der Waals surface area contributed by atoms with Gasteiger partial charge in [-0.3, -0.25) is 0 Å². The third-order valence-corrected chi connectivity index (χ3v) is 3.97. The Hall–Kier alpha value is -1.82. The van der Waals surface area contributed by atoms with E-state index in [2.05, 4.69) is 38.1 Å². The summed E-state index contributed by atoms with van der Waals surface area (Å²) in [6.45, 7) is 2.05. The molecule has 0 aliphatic carbocycles. The van der Waals surface area contributed by atoms with Gasteiger partial charge in [-0.25, -0.2) is 9.97 Å². The van der Waals surface area contributed by atoms with Gasteiger partial charge >= 0.3 is 0 Å². The zero-order chi connectivity index (χ0) is 15.4. The van der Waals surface area contributed by atoms with Crippen molar-refractivity contribution in [2.75, 3.05) is 26.6 Å². The van der Waals surface area contributed by atoms with Crippen molar-refractivity contribution in [3.63, 3.8) is 0 Å². The van der Waals surface area contributed by atoms with Gasteiger partial charge in [0, 0.05) is 7.05 Å².